The highest BCUT2D eigenvalue weighted by atomic mass is 16.1. The van der Waals surface area contributed by atoms with Gasteiger partial charge in [0.2, 0.25) is 12.2 Å². The number of carbonyl (C=O) groups excluding carboxylic acids is 2. The van der Waals surface area contributed by atoms with Gasteiger partial charge in [0, 0.05) is 14.1 Å². The van der Waals surface area contributed by atoms with Crippen molar-refractivity contribution in [1.29, 1.82) is 0 Å². The van der Waals surface area contributed by atoms with Gasteiger partial charge in [0.1, 0.15) is 0 Å². The Balaban J connectivity index is 0.000000216. The van der Waals surface area contributed by atoms with Gasteiger partial charge < -0.3 is 0 Å². The summed E-state index contributed by atoms with van der Waals surface area (Å²) in [4.78, 5) is 23.6. The van der Waals surface area contributed by atoms with E-state index in [2.05, 4.69) is 9.98 Å². The molecule has 0 amide bonds. The van der Waals surface area contributed by atoms with Crippen LogP contribution >= 0.6 is 0 Å². The Morgan fingerprint density at radius 2 is 1.13 bits per heavy atom. The normalized spacial score (nSPS) is 24.7. The van der Waals surface area contributed by atoms with E-state index in [0.717, 1.165) is 0 Å². The molecule has 2 bridgehead atoms. The van der Waals surface area contributed by atoms with Crippen LogP contribution in [0.4, 0.5) is 0 Å². The second-order valence-electron chi connectivity index (χ2n) is 3.75. The highest BCUT2D eigenvalue weighted by Gasteiger charge is 2.30. The molecule has 2 fully saturated rings. The molecule has 2 rings (SSSR count). The van der Waals surface area contributed by atoms with Gasteiger partial charge in [0.25, 0.3) is 0 Å². The molecule has 0 aromatic rings. The van der Waals surface area contributed by atoms with E-state index in [1.165, 1.54) is 38.1 Å². The van der Waals surface area contributed by atoms with Crippen molar-refractivity contribution in [2.24, 2.45) is 21.8 Å². The predicted molar refractivity (Wildman–Crippen MR) is 58.2 cm³/mol. The van der Waals surface area contributed by atoms with Gasteiger partial charge in [-0.1, -0.05) is 25.7 Å². The number of hydrogen-bond donors (Lipinski definition) is 0. The lowest BCUT2D eigenvalue weighted by atomic mass is 10.0. The number of rotatable bonds is 0. The average Bonchev–Trinajstić information content (AvgIpc) is 2.94. The summed E-state index contributed by atoms with van der Waals surface area (Å²) in [6, 6.07) is 0. The van der Waals surface area contributed by atoms with E-state index in [1.54, 1.807) is 32.1 Å². The van der Waals surface area contributed by atoms with Crippen molar-refractivity contribution in [2.45, 2.75) is 32.1 Å². The van der Waals surface area contributed by atoms with Gasteiger partial charge in [-0.05, 0) is 18.3 Å². The van der Waals surface area contributed by atoms with Crippen LogP contribution in [0, 0.1) is 11.8 Å². The van der Waals surface area contributed by atoms with Crippen LogP contribution in [-0.2, 0) is 9.59 Å². The van der Waals surface area contributed by atoms with Crippen LogP contribution < -0.4 is 0 Å². The second kappa shape index (κ2) is 9.32. The number of aliphatic imine (C=N–C) groups is 2. The van der Waals surface area contributed by atoms with Crippen molar-refractivity contribution in [2.75, 3.05) is 14.1 Å². The maximum absolute atomic E-state index is 8.88. The van der Waals surface area contributed by atoms with Crippen molar-refractivity contribution in [1.82, 2.24) is 0 Å². The van der Waals surface area contributed by atoms with Gasteiger partial charge in [0.15, 0.2) is 0 Å². The maximum atomic E-state index is 8.88. The second-order valence-corrected chi connectivity index (χ2v) is 3.75. The first-order valence-corrected chi connectivity index (χ1v) is 5.20. The first-order chi connectivity index (χ1) is 7.28. The molecule has 0 saturated heterocycles. The molecular weight excluding hydrogens is 192 g/mol. The molecule has 0 aromatic heterocycles. The number of fused-ring (bicyclic) bond motifs is 2. The Kier molecular flexibility index (Phi) is 8.55. The largest absolute Gasteiger partial charge is 0.234 e. The van der Waals surface area contributed by atoms with E-state index in [0.29, 0.717) is 0 Å². The average molecular weight is 210 g/mol. The molecule has 4 heteroatoms. The molecule has 15 heavy (non-hydrogen) atoms. The fourth-order valence-corrected chi connectivity index (χ4v) is 2.17. The summed E-state index contributed by atoms with van der Waals surface area (Å²) in [5.41, 5.74) is 0. The Bertz CT molecular complexity index is 219. The molecule has 2 saturated carbocycles. The fraction of sp³-hybridized carbons (Fsp3) is 0.818. The molecule has 0 unspecified atom stereocenters. The molecule has 0 atom stereocenters. The molecule has 2 aliphatic carbocycles. The molecule has 84 valence electrons. The number of isocyanates is 2. The minimum Gasteiger partial charge on any atom is -0.211 e. The SMILES string of the molecule is C1CC2CCC1C2.CN=C=O.CN=C=O. The summed E-state index contributed by atoms with van der Waals surface area (Å²) in [5, 5.41) is 0. The molecular formula is C11H18N2O2. The molecule has 0 spiro atoms. The first kappa shape index (κ1) is 13.8. The highest BCUT2D eigenvalue weighted by Crippen LogP contribution is 2.43. The molecule has 2 aliphatic rings. The Hall–Kier alpha value is -1.24. The van der Waals surface area contributed by atoms with E-state index in [1.807, 2.05) is 0 Å². The quantitative estimate of drug-likeness (QED) is 0.454. The summed E-state index contributed by atoms with van der Waals surface area (Å²) < 4.78 is 0. The standard InChI is InChI=1S/C7H12.2C2H3NO/c1-2-7-4-3-6(1)5-7;2*1-3-2-4/h6-7H,1-5H2;2*1H3. The van der Waals surface area contributed by atoms with Crippen LogP contribution in [0.25, 0.3) is 0 Å². The van der Waals surface area contributed by atoms with E-state index < -0.39 is 0 Å². The highest BCUT2D eigenvalue weighted by molar-refractivity contribution is 5.32. The van der Waals surface area contributed by atoms with Crippen LogP contribution in [0.2, 0.25) is 0 Å². The molecule has 0 aromatic carbocycles. The molecule has 4 nitrogen and oxygen atoms in total. The Labute approximate surface area is 90.5 Å². The lowest BCUT2D eigenvalue weighted by molar-refractivity contribution is 0.480. The summed E-state index contributed by atoms with van der Waals surface area (Å²) in [5.74, 6) is 2.34. The van der Waals surface area contributed by atoms with Gasteiger partial charge in [-0.15, -0.1) is 0 Å². The predicted octanol–water partition coefficient (Wildman–Crippen LogP) is 2.10. The summed E-state index contributed by atoms with van der Waals surface area (Å²) in [7, 11) is 2.76. The zero-order valence-corrected chi connectivity index (χ0v) is 9.40. The van der Waals surface area contributed by atoms with Gasteiger partial charge in [-0.2, -0.15) is 0 Å². The fourth-order valence-electron chi connectivity index (χ4n) is 2.17. The minimum absolute atomic E-state index is 1.17. The first-order valence-electron chi connectivity index (χ1n) is 5.20. The third-order valence-corrected chi connectivity index (χ3v) is 2.82. The van der Waals surface area contributed by atoms with Crippen molar-refractivity contribution < 1.29 is 9.59 Å². The lowest BCUT2D eigenvalue weighted by Crippen LogP contribution is -1.90. The molecule has 0 radical (unpaired) electrons. The van der Waals surface area contributed by atoms with Crippen LogP contribution in [0.15, 0.2) is 9.98 Å². The molecule has 0 aliphatic heterocycles. The number of nitrogens with zero attached hydrogens (tertiary/aromatic N) is 2. The van der Waals surface area contributed by atoms with Crippen LogP contribution in [0.1, 0.15) is 32.1 Å². The monoisotopic (exact) mass is 210 g/mol. The Morgan fingerprint density at radius 3 is 1.20 bits per heavy atom. The maximum Gasteiger partial charge on any atom is 0.234 e. The van der Waals surface area contributed by atoms with E-state index in [-0.39, 0.29) is 0 Å². The van der Waals surface area contributed by atoms with Crippen molar-refractivity contribution in [3.05, 3.63) is 0 Å². The molecule has 0 heterocycles. The van der Waals surface area contributed by atoms with Crippen molar-refractivity contribution in [3.63, 3.8) is 0 Å². The van der Waals surface area contributed by atoms with Crippen molar-refractivity contribution in [3.8, 4) is 0 Å². The summed E-state index contributed by atoms with van der Waals surface area (Å²) in [6.45, 7) is 0. The van der Waals surface area contributed by atoms with Gasteiger partial charge in [0.05, 0.1) is 0 Å². The third-order valence-electron chi connectivity index (χ3n) is 2.82. The molecule has 0 N–H and O–H groups in total. The Morgan fingerprint density at radius 1 is 0.867 bits per heavy atom. The van der Waals surface area contributed by atoms with E-state index in [9.17, 15) is 0 Å². The van der Waals surface area contributed by atoms with Crippen molar-refractivity contribution >= 4 is 12.2 Å². The smallest absolute Gasteiger partial charge is 0.211 e. The summed E-state index contributed by atoms with van der Waals surface area (Å²) in [6.07, 6.45) is 10.4. The lowest BCUT2D eigenvalue weighted by Gasteiger charge is -2.05. The van der Waals surface area contributed by atoms with Crippen LogP contribution in [0.3, 0.4) is 0 Å². The zero-order valence-electron chi connectivity index (χ0n) is 9.40. The number of hydrogen-bond acceptors (Lipinski definition) is 4. The van der Waals surface area contributed by atoms with E-state index in [4.69, 9.17) is 9.59 Å². The van der Waals surface area contributed by atoms with Gasteiger partial charge in [-0.25, -0.2) is 19.6 Å². The van der Waals surface area contributed by atoms with Crippen LogP contribution in [0.5, 0.6) is 0 Å². The van der Waals surface area contributed by atoms with Gasteiger partial charge in [-0.3, -0.25) is 0 Å². The van der Waals surface area contributed by atoms with Gasteiger partial charge >= 0.3 is 0 Å². The summed E-state index contributed by atoms with van der Waals surface area (Å²) >= 11 is 0. The van der Waals surface area contributed by atoms with Crippen LogP contribution in [-0.4, -0.2) is 26.3 Å². The topological polar surface area (TPSA) is 58.9 Å². The van der Waals surface area contributed by atoms with E-state index >= 15 is 0 Å². The zero-order chi connectivity index (χ0) is 11.5. The third kappa shape index (κ3) is 6.78. The minimum atomic E-state index is 1.17.